The van der Waals surface area contributed by atoms with Crippen LogP contribution in [-0.4, -0.2) is 42.4 Å². The number of carbonyl (C=O) groups excluding carboxylic acids is 3. The third-order valence-electron chi connectivity index (χ3n) is 5.08. The molecule has 1 saturated heterocycles. The lowest BCUT2D eigenvalue weighted by atomic mass is 9.85. The zero-order valence-electron chi connectivity index (χ0n) is 14.9. The monoisotopic (exact) mass is 344 g/mol. The van der Waals surface area contributed by atoms with Crippen molar-refractivity contribution in [2.24, 2.45) is 5.92 Å². The molecule has 0 radical (unpaired) electrons. The lowest BCUT2D eigenvalue weighted by Crippen LogP contribution is -2.42. The van der Waals surface area contributed by atoms with Gasteiger partial charge in [0.2, 0.25) is 5.91 Å². The maximum absolute atomic E-state index is 12.9. The van der Waals surface area contributed by atoms with Crippen LogP contribution in [0, 0.1) is 5.92 Å². The number of piperidine rings is 1. The molecule has 0 aliphatic carbocycles. The maximum atomic E-state index is 12.9. The summed E-state index contributed by atoms with van der Waals surface area (Å²) in [4.78, 5) is 38.6. The van der Waals surface area contributed by atoms with Crippen molar-refractivity contribution in [2.75, 3.05) is 25.0 Å². The highest BCUT2D eigenvalue weighted by molar-refractivity contribution is 6.07. The number of benzene rings is 1. The van der Waals surface area contributed by atoms with Crippen LogP contribution in [0.25, 0.3) is 0 Å². The van der Waals surface area contributed by atoms with Crippen LogP contribution in [0.5, 0.6) is 0 Å². The van der Waals surface area contributed by atoms with Crippen LogP contribution in [0.1, 0.15) is 49.5 Å². The smallest absolute Gasteiger partial charge is 0.310 e. The summed E-state index contributed by atoms with van der Waals surface area (Å²) in [5.74, 6) is -0.656. The number of rotatable bonds is 3. The fraction of sp³-hybridized carbons (Fsp3) is 0.526. The van der Waals surface area contributed by atoms with Crippen LogP contribution >= 0.6 is 0 Å². The Hall–Kier alpha value is -2.37. The Balaban J connectivity index is 1.79. The van der Waals surface area contributed by atoms with Crippen LogP contribution < -0.4 is 5.32 Å². The molecule has 2 aliphatic rings. The number of amides is 2. The maximum Gasteiger partial charge on any atom is 0.310 e. The minimum Gasteiger partial charge on any atom is -0.466 e. The van der Waals surface area contributed by atoms with Crippen molar-refractivity contribution in [2.45, 2.75) is 39.0 Å². The van der Waals surface area contributed by atoms with Gasteiger partial charge in [-0.05, 0) is 57.4 Å². The summed E-state index contributed by atoms with van der Waals surface area (Å²) in [5, 5.41) is 2.84. The van der Waals surface area contributed by atoms with Gasteiger partial charge in [-0.15, -0.1) is 0 Å². The molecule has 6 nitrogen and oxygen atoms in total. The second-order valence-electron chi connectivity index (χ2n) is 7.18. The molecule has 0 bridgehead atoms. The van der Waals surface area contributed by atoms with E-state index in [1.165, 1.54) is 0 Å². The number of likely N-dealkylation sites (tertiary alicyclic amines) is 1. The molecule has 134 valence electrons. The van der Waals surface area contributed by atoms with Gasteiger partial charge in [0, 0.05) is 24.3 Å². The van der Waals surface area contributed by atoms with Gasteiger partial charge in [0.1, 0.15) is 0 Å². The molecule has 0 spiro atoms. The summed E-state index contributed by atoms with van der Waals surface area (Å²) in [5.41, 5.74) is 1.49. The first-order valence-electron chi connectivity index (χ1n) is 8.76. The number of carbonyl (C=O) groups is 3. The lowest BCUT2D eigenvalue weighted by molar-refractivity contribution is -0.149. The van der Waals surface area contributed by atoms with Crippen molar-refractivity contribution in [3.63, 3.8) is 0 Å². The molecule has 0 aromatic heterocycles. The normalized spacial score (nSPS) is 21.5. The minimum absolute atomic E-state index is 0.0625. The Morgan fingerprint density at radius 2 is 2.12 bits per heavy atom. The Kier molecular flexibility index (Phi) is 4.54. The van der Waals surface area contributed by atoms with Crippen molar-refractivity contribution >= 4 is 23.5 Å². The average molecular weight is 344 g/mol. The summed E-state index contributed by atoms with van der Waals surface area (Å²) in [6, 6.07) is 5.31. The second kappa shape index (κ2) is 6.50. The molecule has 1 aromatic rings. The highest BCUT2D eigenvalue weighted by Crippen LogP contribution is 2.38. The topological polar surface area (TPSA) is 75.7 Å². The Labute approximate surface area is 147 Å². The van der Waals surface area contributed by atoms with Crippen molar-refractivity contribution in [1.29, 1.82) is 0 Å². The quantitative estimate of drug-likeness (QED) is 0.854. The largest absolute Gasteiger partial charge is 0.466 e. The van der Waals surface area contributed by atoms with Crippen LogP contribution in [0.15, 0.2) is 18.2 Å². The summed E-state index contributed by atoms with van der Waals surface area (Å²) in [7, 11) is 0. The van der Waals surface area contributed by atoms with Gasteiger partial charge in [0.15, 0.2) is 0 Å². The molecule has 1 unspecified atom stereocenters. The zero-order valence-corrected chi connectivity index (χ0v) is 14.9. The lowest BCUT2D eigenvalue weighted by Gasteiger charge is -2.31. The molecule has 6 heteroatoms. The molecule has 0 saturated carbocycles. The first-order chi connectivity index (χ1) is 11.8. The number of esters is 1. The number of ether oxygens (including phenoxy) is 1. The van der Waals surface area contributed by atoms with Crippen molar-refractivity contribution in [1.82, 2.24) is 4.90 Å². The Morgan fingerprint density at radius 1 is 1.36 bits per heavy atom. The van der Waals surface area contributed by atoms with Gasteiger partial charge in [0.05, 0.1) is 17.9 Å². The number of fused-ring (bicyclic) bond motifs is 1. The van der Waals surface area contributed by atoms with Crippen LogP contribution in [0.4, 0.5) is 5.69 Å². The summed E-state index contributed by atoms with van der Waals surface area (Å²) in [6.45, 7) is 6.84. The highest BCUT2D eigenvalue weighted by atomic mass is 16.5. The predicted octanol–water partition coefficient (Wildman–Crippen LogP) is 2.33. The predicted molar refractivity (Wildman–Crippen MR) is 93.4 cm³/mol. The number of hydrogen-bond donors (Lipinski definition) is 1. The molecule has 3 rings (SSSR count). The van der Waals surface area contributed by atoms with Gasteiger partial charge in [-0.2, -0.15) is 0 Å². The van der Waals surface area contributed by atoms with Gasteiger partial charge in [-0.3, -0.25) is 14.4 Å². The first kappa shape index (κ1) is 17.5. The summed E-state index contributed by atoms with van der Waals surface area (Å²) < 4.78 is 5.09. The molecule has 1 atom stereocenters. The third-order valence-corrected chi connectivity index (χ3v) is 5.08. The summed E-state index contributed by atoms with van der Waals surface area (Å²) in [6.07, 6.45) is 1.53. The van der Waals surface area contributed by atoms with E-state index >= 15 is 0 Å². The van der Waals surface area contributed by atoms with E-state index in [1.807, 2.05) is 13.8 Å². The van der Waals surface area contributed by atoms with Crippen molar-refractivity contribution < 1.29 is 19.1 Å². The molecular formula is C19H24N2O4. The van der Waals surface area contributed by atoms with Gasteiger partial charge in [0.25, 0.3) is 5.91 Å². The third kappa shape index (κ3) is 3.13. The zero-order chi connectivity index (χ0) is 18.2. The minimum atomic E-state index is -0.652. The molecule has 1 aromatic carbocycles. The molecule has 1 N–H and O–H groups in total. The van der Waals surface area contributed by atoms with Crippen molar-refractivity contribution in [3.8, 4) is 0 Å². The molecule has 2 heterocycles. The van der Waals surface area contributed by atoms with Gasteiger partial charge in [-0.25, -0.2) is 0 Å². The van der Waals surface area contributed by atoms with E-state index in [9.17, 15) is 14.4 Å². The SMILES string of the molecule is CCOC(=O)C1CCCN(C(=O)c2ccc3c(c2)C(C)(C)C(=O)N3)C1. The van der Waals surface area contributed by atoms with Crippen LogP contribution in [0.2, 0.25) is 0 Å². The number of anilines is 1. The number of hydrogen-bond acceptors (Lipinski definition) is 4. The molecule has 2 aliphatic heterocycles. The molecule has 2 amide bonds. The van der Waals surface area contributed by atoms with E-state index in [2.05, 4.69) is 5.32 Å². The van der Waals surface area contributed by atoms with E-state index in [0.29, 0.717) is 25.3 Å². The highest BCUT2D eigenvalue weighted by Gasteiger charge is 2.39. The number of nitrogens with one attached hydrogen (secondary N) is 1. The van der Waals surface area contributed by atoms with E-state index in [4.69, 9.17) is 4.74 Å². The van der Waals surface area contributed by atoms with Gasteiger partial charge in [-0.1, -0.05) is 0 Å². The Morgan fingerprint density at radius 3 is 2.84 bits per heavy atom. The van der Waals surface area contributed by atoms with E-state index in [-0.39, 0.29) is 23.7 Å². The number of nitrogens with zero attached hydrogens (tertiary/aromatic N) is 1. The van der Waals surface area contributed by atoms with Gasteiger partial charge < -0.3 is 15.0 Å². The fourth-order valence-corrected chi connectivity index (χ4v) is 3.50. The van der Waals surface area contributed by atoms with Gasteiger partial charge >= 0.3 is 5.97 Å². The van der Waals surface area contributed by atoms with Crippen LogP contribution in [0.3, 0.4) is 0 Å². The van der Waals surface area contributed by atoms with Crippen LogP contribution in [-0.2, 0) is 19.7 Å². The second-order valence-corrected chi connectivity index (χ2v) is 7.18. The standard InChI is InChI=1S/C19H24N2O4/c1-4-25-17(23)13-6-5-9-21(11-13)16(22)12-7-8-15-14(10-12)19(2,3)18(24)20-15/h7-8,10,13H,4-6,9,11H2,1-3H3,(H,20,24). The van der Waals surface area contributed by atoms with E-state index < -0.39 is 5.41 Å². The van der Waals surface area contributed by atoms with Crippen molar-refractivity contribution in [3.05, 3.63) is 29.3 Å². The molecular weight excluding hydrogens is 320 g/mol. The Bertz CT molecular complexity index is 726. The van der Waals surface area contributed by atoms with E-state index in [1.54, 1.807) is 30.0 Å². The first-order valence-corrected chi connectivity index (χ1v) is 8.76. The van der Waals surface area contributed by atoms with E-state index in [0.717, 1.165) is 24.1 Å². The summed E-state index contributed by atoms with van der Waals surface area (Å²) >= 11 is 0. The molecule has 25 heavy (non-hydrogen) atoms. The molecule has 1 fully saturated rings. The average Bonchev–Trinajstić information content (AvgIpc) is 2.83. The fourth-order valence-electron chi connectivity index (χ4n) is 3.50.